The lowest BCUT2D eigenvalue weighted by atomic mass is 10.1. The third-order valence-corrected chi connectivity index (χ3v) is 4.33. The molecule has 0 aliphatic carbocycles. The van der Waals surface area contributed by atoms with E-state index in [-0.39, 0.29) is 17.4 Å². The van der Waals surface area contributed by atoms with Gasteiger partial charge in [-0.05, 0) is 38.5 Å². The highest BCUT2D eigenvalue weighted by Crippen LogP contribution is 2.31. The van der Waals surface area contributed by atoms with Gasteiger partial charge in [0.25, 0.3) is 5.56 Å². The minimum Gasteiger partial charge on any atom is -0.393 e. The molecule has 2 N–H and O–H groups in total. The zero-order valence-corrected chi connectivity index (χ0v) is 15.0. The van der Waals surface area contributed by atoms with Gasteiger partial charge < -0.3 is 10.1 Å². The number of hydrogen-bond donors (Lipinski definition) is 2. The van der Waals surface area contributed by atoms with E-state index in [1.54, 1.807) is 20.8 Å². The van der Waals surface area contributed by atoms with Crippen molar-refractivity contribution in [3.8, 4) is 0 Å². The van der Waals surface area contributed by atoms with E-state index in [1.807, 2.05) is 0 Å². The molecule has 2 atom stereocenters. The number of alkyl halides is 3. The Morgan fingerprint density at radius 3 is 2.41 bits per heavy atom. The number of rotatable bonds is 4. The predicted molar refractivity (Wildman–Crippen MR) is 93.5 cm³/mol. The van der Waals surface area contributed by atoms with Crippen LogP contribution in [0, 0.1) is 6.92 Å². The van der Waals surface area contributed by atoms with Crippen molar-refractivity contribution >= 4 is 11.0 Å². The van der Waals surface area contributed by atoms with Crippen molar-refractivity contribution in [1.29, 1.82) is 0 Å². The number of nitrogens with zero attached hydrogens (tertiary/aromatic N) is 3. The highest BCUT2D eigenvalue weighted by Gasteiger charge is 2.30. The molecule has 3 aromatic rings. The number of aliphatic hydroxyl groups excluding tert-OH is 1. The van der Waals surface area contributed by atoms with E-state index in [1.165, 1.54) is 16.8 Å². The zero-order valence-electron chi connectivity index (χ0n) is 15.0. The van der Waals surface area contributed by atoms with Gasteiger partial charge in [0.2, 0.25) is 0 Å². The lowest BCUT2D eigenvalue weighted by molar-refractivity contribution is -0.137. The summed E-state index contributed by atoms with van der Waals surface area (Å²) in [6.07, 6.45) is -4.95. The average Bonchev–Trinajstić information content (AvgIpc) is 2.91. The summed E-state index contributed by atoms with van der Waals surface area (Å²) in [5.74, 6) is 0.400. The highest BCUT2D eigenvalue weighted by molar-refractivity contribution is 5.77. The van der Waals surface area contributed by atoms with Gasteiger partial charge in [0.1, 0.15) is 11.2 Å². The quantitative estimate of drug-likeness (QED) is 0.729. The van der Waals surface area contributed by atoms with Gasteiger partial charge in [0.05, 0.1) is 23.4 Å². The molecule has 0 radical (unpaired) electrons. The summed E-state index contributed by atoms with van der Waals surface area (Å²) in [6.45, 7) is 4.98. The number of aliphatic hydroxyl groups is 1. The fraction of sp³-hybridized carbons (Fsp3) is 0.389. The van der Waals surface area contributed by atoms with Crippen LogP contribution in [0.1, 0.15) is 42.5 Å². The van der Waals surface area contributed by atoms with Crippen LogP contribution in [0.2, 0.25) is 0 Å². The summed E-state index contributed by atoms with van der Waals surface area (Å²) >= 11 is 0. The number of H-pyrrole nitrogens is 1. The van der Waals surface area contributed by atoms with Crippen molar-refractivity contribution in [2.24, 2.45) is 0 Å². The maximum absolute atomic E-state index is 12.8. The molecule has 1 unspecified atom stereocenters. The van der Waals surface area contributed by atoms with Gasteiger partial charge in [-0.3, -0.25) is 4.79 Å². The molecule has 144 valence electrons. The Morgan fingerprint density at radius 1 is 1.22 bits per heavy atom. The molecular formula is C18H19F3N4O2. The van der Waals surface area contributed by atoms with Crippen LogP contribution in [0.3, 0.4) is 0 Å². The molecule has 0 spiro atoms. The summed E-state index contributed by atoms with van der Waals surface area (Å²) in [6, 6.07) is 4.34. The van der Waals surface area contributed by atoms with Crippen molar-refractivity contribution in [3.63, 3.8) is 0 Å². The first-order valence-electron chi connectivity index (χ1n) is 8.41. The molecule has 0 aliphatic rings. The van der Waals surface area contributed by atoms with E-state index in [2.05, 4.69) is 15.1 Å². The molecule has 0 bridgehead atoms. The molecule has 1 aromatic carbocycles. The lowest BCUT2D eigenvalue weighted by Gasteiger charge is -2.15. The first kappa shape index (κ1) is 19.1. The van der Waals surface area contributed by atoms with Crippen LogP contribution in [0.5, 0.6) is 0 Å². The molecule has 0 saturated heterocycles. The number of halogens is 3. The Labute approximate surface area is 152 Å². The first-order chi connectivity index (χ1) is 12.6. The van der Waals surface area contributed by atoms with E-state index < -0.39 is 23.9 Å². The number of aryl methyl sites for hydroxylation is 1. The van der Waals surface area contributed by atoms with Gasteiger partial charge in [-0.2, -0.15) is 18.3 Å². The van der Waals surface area contributed by atoms with Crippen molar-refractivity contribution in [2.75, 3.05) is 0 Å². The first-order valence-corrected chi connectivity index (χ1v) is 8.41. The molecule has 0 saturated carbocycles. The monoisotopic (exact) mass is 380 g/mol. The van der Waals surface area contributed by atoms with Crippen LogP contribution in [-0.2, 0) is 12.6 Å². The number of aromatic amines is 1. The zero-order chi connectivity index (χ0) is 19.9. The highest BCUT2D eigenvalue weighted by atomic mass is 19.4. The average molecular weight is 380 g/mol. The molecule has 9 heteroatoms. The van der Waals surface area contributed by atoms with Gasteiger partial charge >= 0.3 is 6.18 Å². The smallest absolute Gasteiger partial charge is 0.393 e. The number of aromatic nitrogens is 4. The number of hydrogen-bond acceptors (Lipinski definition) is 4. The van der Waals surface area contributed by atoms with Crippen LogP contribution < -0.4 is 5.56 Å². The summed E-state index contributed by atoms with van der Waals surface area (Å²) in [4.78, 5) is 19.3. The molecule has 0 fully saturated rings. The minimum atomic E-state index is -4.41. The van der Waals surface area contributed by atoms with Crippen LogP contribution in [0.4, 0.5) is 13.2 Å². The van der Waals surface area contributed by atoms with Crippen molar-refractivity contribution < 1.29 is 18.3 Å². The molecule has 2 heterocycles. The minimum absolute atomic E-state index is 0.164. The van der Waals surface area contributed by atoms with E-state index in [0.717, 1.165) is 12.1 Å². The van der Waals surface area contributed by atoms with Gasteiger partial charge in [-0.1, -0.05) is 12.1 Å². The molecule has 3 rings (SSSR count). The third-order valence-electron chi connectivity index (χ3n) is 4.33. The molecule has 6 nitrogen and oxygen atoms in total. The third kappa shape index (κ3) is 3.73. The molecule has 2 aromatic heterocycles. The van der Waals surface area contributed by atoms with Crippen LogP contribution in [0.25, 0.3) is 11.0 Å². The molecular weight excluding hydrogens is 361 g/mol. The second-order valence-corrected chi connectivity index (χ2v) is 6.59. The van der Waals surface area contributed by atoms with Crippen molar-refractivity contribution in [1.82, 2.24) is 19.7 Å². The SMILES string of the molecule is Cc1nc2c(c(CC(C)O)nn2[C@@H](C)c2ccc(C(F)(F)F)cc2)c(=O)[nH]1. The van der Waals surface area contributed by atoms with E-state index in [9.17, 15) is 23.1 Å². The largest absolute Gasteiger partial charge is 0.416 e. The molecule has 0 amide bonds. The fourth-order valence-corrected chi connectivity index (χ4v) is 3.01. The normalized spacial score (nSPS) is 14.5. The topological polar surface area (TPSA) is 83.8 Å². The summed E-state index contributed by atoms with van der Waals surface area (Å²) < 4.78 is 39.8. The maximum Gasteiger partial charge on any atom is 0.416 e. The van der Waals surface area contributed by atoms with Crippen LogP contribution >= 0.6 is 0 Å². The summed E-state index contributed by atoms with van der Waals surface area (Å²) in [7, 11) is 0. The summed E-state index contributed by atoms with van der Waals surface area (Å²) in [5.41, 5.74) is 0.227. The van der Waals surface area contributed by atoms with E-state index in [4.69, 9.17) is 0 Å². The number of nitrogens with one attached hydrogen (secondary N) is 1. The molecule has 0 aliphatic heterocycles. The fourth-order valence-electron chi connectivity index (χ4n) is 3.01. The second kappa shape index (κ2) is 6.80. The van der Waals surface area contributed by atoms with Gasteiger partial charge in [0.15, 0.2) is 5.65 Å². The van der Waals surface area contributed by atoms with Crippen molar-refractivity contribution in [3.05, 3.63) is 57.3 Å². The Hall–Kier alpha value is -2.68. The Balaban J connectivity index is 2.11. The molecule has 27 heavy (non-hydrogen) atoms. The second-order valence-electron chi connectivity index (χ2n) is 6.59. The predicted octanol–water partition coefficient (Wildman–Crippen LogP) is 2.98. The number of fused-ring (bicyclic) bond motifs is 1. The van der Waals surface area contributed by atoms with Crippen molar-refractivity contribution in [2.45, 2.75) is 45.5 Å². The number of benzene rings is 1. The van der Waals surface area contributed by atoms with E-state index >= 15 is 0 Å². The summed E-state index contributed by atoms with van der Waals surface area (Å²) in [5, 5.41) is 14.4. The van der Waals surface area contributed by atoms with Gasteiger partial charge in [-0.15, -0.1) is 0 Å². The van der Waals surface area contributed by atoms with Gasteiger partial charge in [0, 0.05) is 6.42 Å². The van der Waals surface area contributed by atoms with Crippen LogP contribution in [0.15, 0.2) is 29.1 Å². The standard InChI is InChI=1S/C18H19F3N4O2/c1-9(26)8-14-15-16(22-11(3)23-17(15)27)25(24-14)10(2)12-4-6-13(7-5-12)18(19,20)21/h4-7,9-10,26H,8H2,1-3H3,(H,22,23,27)/t9?,10-/m0/s1. The Morgan fingerprint density at radius 2 is 1.85 bits per heavy atom. The lowest BCUT2D eigenvalue weighted by Crippen LogP contribution is -2.14. The van der Waals surface area contributed by atoms with Gasteiger partial charge in [-0.25, -0.2) is 9.67 Å². The van der Waals surface area contributed by atoms with Crippen LogP contribution in [-0.4, -0.2) is 31.0 Å². The Kier molecular flexibility index (Phi) is 4.81. The Bertz CT molecular complexity index is 1020. The maximum atomic E-state index is 12.8. The van der Waals surface area contributed by atoms with E-state index in [0.29, 0.717) is 22.7 Å².